The van der Waals surface area contributed by atoms with Crippen LogP contribution < -0.4 is 5.32 Å². The summed E-state index contributed by atoms with van der Waals surface area (Å²) in [7, 11) is 0. The Bertz CT molecular complexity index is 426. The van der Waals surface area contributed by atoms with Crippen LogP contribution in [-0.4, -0.2) is 29.1 Å². The first-order valence-electron chi connectivity index (χ1n) is 6.53. The second-order valence-electron chi connectivity index (χ2n) is 6.54. The topological polar surface area (TPSA) is 15.3 Å². The van der Waals surface area contributed by atoms with E-state index in [1.807, 2.05) is 6.07 Å². The van der Waals surface area contributed by atoms with Crippen LogP contribution in [0.25, 0.3) is 0 Å². The third-order valence-corrected chi connectivity index (χ3v) is 3.70. The third-order valence-electron chi connectivity index (χ3n) is 3.70. The number of hydrogen-bond acceptors (Lipinski definition) is 2. The lowest BCUT2D eigenvalue weighted by molar-refractivity contribution is 0.0323. The Morgan fingerprint density at radius 3 is 2.67 bits per heavy atom. The van der Waals surface area contributed by atoms with Crippen LogP contribution in [0.15, 0.2) is 24.3 Å². The van der Waals surface area contributed by atoms with Gasteiger partial charge in [-0.05, 0) is 45.4 Å². The zero-order valence-electron chi connectivity index (χ0n) is 11.8. The molecule has 18 heavy (non-hydrogen) atoms. The average Bonchev–Trinajstić information content (AvgIpc) is 2.24. The van der Waals surface area contributed by atoms with Gasteiger partial charge >= 0.3 is 0 Å². The summed E-state index contributed by atoms with van der Waals surface area (Å²) in [6.45, 7) is 11.6. The van der Waals surface area contributed by atoms with Crippen LogP contribution in [0.3, 0.4) is 0 Å². The molecule has 2 nitrogen and oxygen atoms in total. The molecule has 0 aromatic heterocycles. The van der Waals surface area contributed by atoms with Crippen LogP contribution in [0.1, 0.15) is 33.3 Å². The quantitative estimate of drug-likeness (QED) is 0.868. The molecule has 1 saturated heterocycles. The van der Waals surface area contributed by atoms with E-state index in [-0.39, 0.29) is 16.9 Å². The van der Waals surface area contributed by atoms with Crippen molar-refractivity contribution in [2.45, 2.75) is 45.3 Å². The SMILES string of the molecule is CC1(C)CN(Cc2cccc(F)c2)C(C)(C)CN1. The predicted octanol–water partition coefficient (Wildman–Crippen LogP) is 2.79. The van der Waals surface area contributed by atoms with Gasteiger partial charge in [-0.1, -0.05) is 12.1 Å². The molecule has 0 amide bonds. The molecule has 0 radical (unpaired) electrons. The first-order valence-corrected chi connectivity index (χ1v) is 6.53. The van der Waals surface area contributed by atoms with Gasteiger partial charge in [0.25, 0.3) is 0 Å². The average molecular weight is 250 g/mol. The highest BCUT2D eigenvalue weighted by Gasteiger charge is 2.37. The zero-order valence-corrected chi connectivity index (χ0v) is 11.8. The highest BCUT2D eigenvalue weighted by Crippen LogP contribution is 2.25. The van der Waals surface area contributed by atoms with Gasteiger partial charge < -0.3 is 5.32 Å². The molecule has 1 N–H and O–H groups in total. The molecule has 0 spiro atoms. The van der Waals surface area contributed by atoms with E-state index in [9.17, 15) is 4.39 Å². The first-order chi connectivity index (χ1) is 8.28. The molecule has 0 bridgehead atoms. The van der Waals surface area contributed by atoms with Crippen molar-refractivity contribution in [2.24, 2.45) is 0 Å². The highest BCUT2D eigenvalue weighted by atomic mass is 19.1. The van der Waals surface area contributed by atoms with Gasteiger partial charge in [-0.25, -0.2) is 4.39 Å². The van der Waals surface area contributed by atoms with E-state index in [1.54, 1.807) is 12.1 Å². The van der Waals surface area contributed by atoms with Gasteiger partial charge in [0.1, 0.15) is 5.82 Å². The maximum atomic E-state index is 13.2. The minimum absolute atomic E-state index is 0.0990. The summed E-state index contributed by atoms with van der Waals surface area (Å²) < 4.78 is 13.2. The molecule has 0 atom stereocenters. The van der Waals surface area contributed by atoms with Crippen molar-refractivity contribution in [3.63, 3.8) is 0 Å². The summed E-state index contributed by atoms with van der Waals surface area (Å²) >= 11 is 0. The molecular weight excluding hydrogens is 227 g/mol. The first kappa shape index (κ1) is 13.5. The molecule has 0 saturated carbocycles. The van der Waals surface area contributed by atoms with E-state index >= 15 is 0 Å². The van der Waals surface area contributed by atoms with E-state index in [0.29, 0.717) is 0 Å². The summed E-state index contributed by atoms with van der Waals surface area (Å²) in [6, 6.07) is 6.90. The Balaban J connectivity index is 2.15. The van der Waals surface area contributed by atoms with Crippen molar-refractivity contribution in [2.75, 3.05) is 13.1 Å². The van der Waals surface area contributed by atoms with Crippen LogP contribution in [0, 0.1) is 5.82 Å². The van der Waals surface area contributed by atoms with Crippen LogP contribution in [0.5, 0.6) is 0 Å². The molecule has 2 rings (SSSR count). The smallest absolute Gasteiger partial charge is 0.123 e. The van der Waals surface area contributed by atoms with Gasteiger partial charge in [-0.15, -0.1) is 0 Å². The lowest BCUT2D eigenvalue weighted by Gasteiger charge is -2.49. The standard InChI is InChI=1S/C15H23FN2/c1-14(2)11-18(15(3,4)10-17-14)9-12-6-5-7-13(16)8-12/h5-8,17H,9-11H2,1-4H3. The summed E-state index contributed by atoms with van der Waals surface area (Å²) in [6.07, 6.45) is 0. The van der Waals surface area contributed by atoms with E-state index < -0.39 is 0 Å². The molecule has 100 valence electrons. The van der Waals surface area contributed by atoms with Crippen molar-refractivity contribution in [1.29, 1.82) is 0 Å². The van der Waals surface area contributed by atoms with Crippen LogP contribution >= 0.6 is 0 Å². The minimum Gasteiger partial charge on any atom is -0.309 e. The number of benzene rings is 1. The number of hydrogen-bond donors (Lipinski definition) is 1. The van der Waals surface area contributed by atoms with Gasteiger partial charge in [0.05, 0.1) is 0 Å². The maximum Gasteiger partial charge on any atom is 0.123 e. The van der Waals surface area contributed by atoms with E-state index in [0.717, 1.165) is 25.2 Å². The number of nitrogens with one attached hydrogen (secondary N) is 1. The molecule has 1 aliphatic rings. The summed E-state index contributed by atoms with van der Waals surface area (Å²) in [4.78, 5) is 2.43. The third kappa shape index (κ3) is 3.09. The predicted molar refractivity (Wildman–Crippen MR) is 73.0 cm³/mol. The molecular formula is C15H23FN2. The van der Waals surface area contributed by atoms with Crippen molar-refractivity contribution in [1.82, 2.24) is 10.2 Å². The Hall–Kier alpha value is -0.930. The number of nitrogens with zero attached hydrogens (tertiary/aromatic N) is 1. The zero-order chi connectivity index (χ0) is 13.4. The van der Waals surface area contributed by atoms with E-state index in [4.69, 9.17) is 0 Å². The van der Waals surface area contributed by atoms with E-state index in [1.165, 1.54) is 6.07 Å². The monoisotopic (exact) mass is 250 g/mol. The lowest BCUT2D eigenvalue weighted by Crippen LogP contribution is -2.65. The number of piperazine rings is 1. The Morgan fingerprint density at radius 2 is 2.00 bits per heavy atom. The molecule has 1 aromatic rings. The van der Waals surface area contributed by atoms with Crippen molar-refractivity contribution in [3.8, 4) is 0 Å². The normalized spacial score (nSPS) is 22.9. The van der Waals surface area contributed by atoms with E-state index in [2.05, 4.69) is 37.9 Å². The fourth-order valence-corrected chi connectivity index (χ4v) is 2.44. The van der Waals surface area contributed by atoms with Crippen LogP contribution in [-0.2, 0) is 6.54 Å². The van der Waals surface area contributed by atoms with Crippen LogP contribution in [0.2, 0.25) is 0 Å². The Morgan fingerprint density at radius 1 is 1.28 bits per heavy atom. The van der Waals surface area contributed by atoms with Crippen molar-refractivity contribution >= 4 is 0 Å². The van der Waals surface area contributed by atoms with Gasteiger partial charge in [-0.3, -0.25) is 4.90 Å². The van der Waals surface area contributed by atoms with Crippen molar-refractivity contribution < 1.29 is 4.39 Å². The molecule has 0 aliphatic carbocycles. The molecule has 1 fully saturated rings. The fourth-order valence-electron chi connectivity index (χ4n) is 2.44. The maximum absolute atomic E-state index is 13.2. The minimum atomic E-state index is -0.153. The van der Waals surface area contributed by atoms with Crippen LogP contribution in [0.4, 0.5) is 4.39 Å². The lowest BCUT2D eigenvalue weighted by atomic mass is 9.91. The Kier molecular flexibility index (Phi) is 3.47. The van der Waals surface area contributed by atoms with Gasteiger partial charge in [0.2, 0.25) is 0 Å². The second kappa shape index (κ2) is 4.63. The van der Waals surface area contributed by atoms with Crippen molar-refractivity contribution in [3.05, 3.63) is 35.6 Å². The summed E-state index contributed by atoms with van der Waals surface area (Å²) in [5, 5.41) is 3.56. The van der Waals surface area contributed by atoms with Gasteiger partial charge in [0, 0.05) is 30.7 Å². The largest absolute Gasteiger partial charge is 0.309 e. The second-order valence-corrected chi connectivity index (χ2v) is 6.54. The summed E-state index contributed by atoms with van der Waals surface area (Å²) in [5.41, 5.74) is 1.26. The molecule has 1 aliphatic heterocycles. The summed E-state index contributed by atoms with van der Waals surface area (Å²) in [5.74, 6) is -0.153. The molecule has 3 heteroatoms. The molecule has 1 heterocycles. The number of halogens is 1. The van der Waals surface area contributed by atoms with Gasteiger partial charge in [-0.2, -0.15) is 0 Å². The molecule has 0 unspecified atom stereocenters. The Labute approximate surface area is 109 Å². The highest BCUT2D eigenvalue weighted by molar-refractivity contribution is 5.17. The molecule has 1 aromatic carbocycles. The number of rotatable bonds is 2. The fraction of sp³-hybridized carbons (Fsp3) is 0.600. The van der Waals surface area contributed by atoms with Gasteiger partial charge in [0.15, 0.2) is 0 Å².